The minimum absolute atomic E-state index is 0.0900. The molecule has 2 aliphatic rings. The molecule has 0 fully saturated rings. The Morgan fingerprint density at radius 1 is 0.750 bits per heavy atom. The van der Waals surface area contributed by atoms with Crippen molar-refractivity contribution in [2.45, 2.75) is 53.0 Å². The first-order valence-electron chi connectivity index (χ1n) is 15.0. The lowest BCUT2D eigenvalue weighted by Crippen LogP contribution is -2.47. The van der Waals surface area contributed by atoms with Crippen LogP contribution in [0, 0.1) is 0 Å². The molecule has 5 rings (SSSR count). The van der Waals surface area contributed by atoms with E-state index in [9.17, 15) is 4.79 Å². The number of hydrogen-bond donors (Lipinski definition) is 0. The van der Waals surface area contributed by atoms with Crippen LogP contribution in [0.4, 0.5) is 17.1 Å². The SMILES string of the molecule is CCCCN1C(=O)c2c(N(C)C)cccc2C12c1ccc(N(CC)CC)cc1Oc1cc(N(CC)CC)ccc12. The van der Waals surface area contributed by atoms with Gasteiger partial charge in [-0.05, 0) is 52.3 Å². The molecule has 0 unspecified atom stereocenters. The Kier molecular flexibility index (Phi) is 7.72. The lowest BCUT2D eigenvalue weighted by molar-refractivity contribution is 0.0662. The summed E-state index contributed by atoms with van der Waals surface area (Å²) in [4.78, 5) is 23.4. The van der Waals surface area contributed by atoms with Crippen LogP contribution in [0.25, 0.3) is 0 Å². The summed E-state index contributed by atoms with van der Waals surface area (Å²) in [6.45, 7) is 15.2. The average Bonchev–Trinajstić information content (AvgIpc) is 3.21. The van der Waals surface area contributed by atoms with Gasteiger partial charge < -0.3 is 24.3 Å². The van der Waals surface area contributed by atoms with Crippen LogP contribution in [0.5, 0.6) is 11.5 Å². The first kappa shape index (κ1) is 27.9. The quantitative estimate of drug-likeness (QED) is 0.274. The van der Waals surface area contributed by atoms with Gasteiger partial charge in [0.15, 0.2) is 0 Å². The van der Waals surface area contributed by atoms with Gasteiger partial charge in [-0.15, -0.1) is 0 Å². The molecular weight excluding hydrogens is 496 g/mol. The second-order valence-electron chi connectivity index (χ2n) is 10.9. The summed E-state index contributed by atoms with van der Waals surface area (Å²) in [6.07, 6.45) is 1.94. The van der Waals surface area contributed by atoms with Crippen molar-refractivity contribution in [1.82, 2.24) is 4.90 Å². The monoisotopic (exact) mass is 540 g/mol. The van der Waals surface area contributed by atoms with E-state index in [1.54, 1.807) is 0 Å². The van der Waals surface area contributed by atoms with E-state index >= 15 is 0 Å². The van der Waals surface area contributed by atoms with Gasteiger partial charge in [0.25, 0.3) is 5.91 Å². The van der Waals surface area contributed by atoms with Crippen molar-refractivity contribution in [1.29, 1.82) is 0 Å². The number of carbonyl (C=O) groups is 1. The molecule has 3 aromatic rings. The van der Waals surface area contributed by atoms with Gasteiger partial charge in [-0.25, -0.2) is 0 Å². The van der Waals surface area contributed by atoms with Gasteiger partial charge in [0.2, 0.25) is 0 Å². The van der Waals surface area contributed by atoms with E-state index in [0.717, 1.165) is 89.8 Å². The van der Waals surface area contributed by atoms with Crippen molar-refractivity contribution >= 4 is 23.0 Å². The zero-order chi connectivity index (χ0) is 28.6. The highest BCUT2D eigenvalue weighted by Gasteiger charge is 2.56. The van der Waals surface area contributed by atoms with Gasteiger partial charge in [-0.3, -0.25) is 4.79 Å². The first-order valence-corrected chi connectivity index (χ1v) is 15.0. The standard InChI is InChI=1S/C34H44N4O2/c1-8-13-21-38-33(39)32-28(15-14-16-29(32)35(6)7)34(38)26-19-17-24(36(9-2)10-3)22-30(26)40-31-23-25(18-20-27(31)34)37(11-4)12-5/h14-20,22-23H,8-13,21H2,1-7H3. The van der Waals surface area contributed by atoms with E-state index in [4.69, 9.17) is 4.74 Å². The zero-order valence-electron chi connectivity index (χ0n) is 25.3. The predicted molar refractivity (Wildman–Crippen MR) is 167 cm³/mol. The Morgan fingerprint density at radius 2 is 1.30 bits per heavy atom. The Morgan fingerprint density at radius 3 is 1.77 bits per heavy atom. The van der Waals surface area contributed by atoms with E-state index < -0.39 is 5.54 Å². The fourth-order valence-electron chi connectivity index (χ4n) is 6.66. The summed E-state index contributed by atoms with van der Waals surface area (Å²) in [7, 11) is 4.03. The highest BCUT2D eigenvalue weighted by molar-refractivity contribution is 6.07. The molecule has 2 aliphatic heterocycles. The maximum absolute atomic E-state index is 14.5. The van der Waals surface area contributed by atoms with Crippen molar-refractivity contribution in [2.75, 3.05) is 61.5 Å². The van der Waals surface area contributed by atoms with Crippen LogP contribution >= 0.6 is 0 Å². The highest BCUT2D eigenvalue weighted by Crippen LogP contribution is 2.59. The van der Waals surface area contributed by atoms with Gasteiger partial charge in [-0.1, -0.05) is 37.6 Å². The second kappa shape index (κ2) is 11.1. The molecule has 6 heteroatoms. The molecule has 0 bridgehead atoms. The maximum Gasteiger partial charge on any atom is 0.257 e. The van der Waals surface area contributed by atoms with Crippen LogP contribution in [0.2, 0.25) is 0 Å². The van der Waals surface area contributed by atoms with Crippen LogP contribution in [0.15, 0.2) is 54.6 Å². The van der Waals surface area contributed by atoms with Crippen LogP contribution in [-0.2, 0) is 5.54 Å². The van der Waals surface area contributed by atoms with E-state index in [0.29, 0.717) is 6.54 Å². The third-order valence-corrected chi connectivity index (χ3v) is 8.70. The second-order valence-corrected chi connectivity index (χ2v) is 10.9. The largest absolute Gasteiger partial charge is 0.456 e. The summed E-state index contributed by atoms with van der Waals surface area (Å²) >= 11 is 0. The number of carbonyl (C=O) groups excluding carboxylic acids is 1. The molecule has 2 heterocycles. The normalized spacial score (nSPS) is 14.5. The van der Waals surface area contributed by atoms with E-state index in [1.807, 2.05) is 14.1 Å². The number of amides is 1. The third kappa shape index (κ3) is 4.11. The summed E-state index contributed by atoms with van der Waals surface area (Å²) in [5.41, 5.74) is 6.36. The van der Waals surface area contributed by atoms with Crippen molar-refractivity contribution < 1.29 is 9.53 Å². The predicted octanol–water partition coefficient (Wildman–Crippen LogP) is 7.10. The summed E-state index contributed by atoms with van der Waals surface area (Å²) in [5, 5.41) is 0. The number of rotatable bonds is 10. The van der Waals surface area contributed by atoms with E-state index in [2.05, 4.69) is 109 Å². The molecule has 0 saturated heterocycles. The topological polar surface area (TPSA) is 39.3 Å². The number of nitrogens with zero attached hydrogens (tertiary/aromatic N) is 4. The van der Waals surface area contributed by atoms with Crippen LogP contribution in [-0.4, -0.2) is 57.6 Å². The van der Waals surface area contributed by atoms with Gasteiger partial charge >= 0.3 is 0 Å². The van der Waals surface area contributed by atoms with Crippen LogP contribution in [0.3, 0.4) is 0 Å². The Hall–Kier alpha value is -3.67. The van der Waals surface area contributed by atoms with Crippen LogP contribution in [0.1, 0.15) is 74.5 Å². The third-order valence-electron chi connectivity index (χ3n) is 8.70. The molecule has 0 aromatic heterocycles. The Balaban J connectivity index is 1.86. The van der Waals surface area contributed by atoms with Crippen molar-refractivity contribution in [2.24, 2.45) is 0 Å². The number of hydrogen-bond acceptors (Lipinski definition) is 5. The molecule has 3 aromatic carbocycles. The number of benzene rings is 3. The molecule has 0 radical (unpaired) electrons. The van der Waals surface area contributed by atoms with Gasteiger partial charge in [-0.2, -0.15) is 0 Å². The Labute approximate surface area is 240 Å². The van der Waals surface area contributed by atoms with Crippen molar-refractivity contribution in [3.05, 3.63) is 76.9 Å². The Bertz CT molecular complexity index is 1330. The van der Waals surface area contributed by atoms with E-state index in [1.165, 1.54) is 0 Å². The average molecular weight is 541 g/mol. The zero-order valence-corrected chi connectivity index (χ0v) is 25.3. The molecule has 1 spiro atoms. The summed E-state index contributed by atoms with van der Waals surface area (Å²) in [5.74, 6) is 1.74. The number of unbranched alkanes of at least 4 members (excludes halogenated alkanes) is 1. The molecule has 212 valence electrons. The van der Waals surface area contributed by atoms with Crippen molar-refractivity contribution in [3.8, 4) is 11.5 Å². The molecule has 0 aliphatic carbocycles. The fourth-order valence-corrected chi connectivity index (χ4v) is 6.66. The van der Waals surface area contributed by atoms with Crippen molar-refractivity contribution in [3.63, 3.8) is 0 Å². The molecule has 0 N–H and O–H groups in total. The smallest absolute Gasteiger partial charge is 0.257 e. The minimum Gasteiger partial charge on any atom is -0.456 e. The molecule has 6 nitrogen and oxygen atoms in total. The lowest BCUT2D eigenvalue weighted by atomic mass is 9.74. The number of ether oxygens (including phenoxy) is 1. The van der Waals surface area contributed by atoms with E-state index in [-0.39, 0.29) is 5.91 Å². The first-order chi connectivity index (χ1) is 19.4. The molecule has 0 atom stereocenters. The summed E-state index contributed by atoms with van der Waals surface area (Å²) < 4.78 is 6.80. The van der Waals surface area contributed by atoms with Crippen LogP contribution < -0.4 is 19.4 Å². The minimum atomic E-state index is -0.764. The fraction of sp³-hybridized carbons (Fsp3) is 0.441. The number of anilines is 3. The maximum atomic E-state index is 14.5. The molecule has 1 amide bonds. The molecule has 40 heavy (non-hydrogen) atoms. The molecule has 0 saturated carbocycles. The lowest BCUT2D eigenvalue weighted by Gasteiger charge is -2.45. The van der Waals surface area contributed by atoms with Gasteiger partial charge in [0, 0.05) is 92.7 Å². The number of fused-ring (bicyclic) bond motifs is 6. The highest BCUT2D eigenvalue weighted by atomic mass is 16.5. The van der Waals surface area contributed by atoms with Gasteiger partial charge in [0.05, 0.1) is 5.56 Å². The summed E-state index contributed by atoms with van der Waals surface area (Å²) in [6, 6.07) is 19.5. The van der Waals surface area contributed by atoms with Gasteiger partial charge in [0.1, 0.15) is 17.0 Å². The molecular formula is C34H44N4O2.